The van der Waals surface area contributed by atoms with E-state index < -0.39 is 0 Å². The maximum Gasteiger partial charge on any atom is 0.0625 e. The van der Waals surface area contributed by atoms with Gasteiger partial charge in [-0.3, -0.25) is 0 Å². The first kappa shape index (κ1) is 41.9. The molecule has 34 heavy (non-hydrogen) atoms. The van der Waals surface area contributed by atoms with Crippen LogP contribution in [0.1, 0.15) is 67.2 Å². The molecule has 9 heteroatoms. The van der Waals surface area contributed by atoms with E-state index in [0.717, 1.165) is 25.7 Å². The van der Waals surface area contributed by atoms with E-state index >= 15 is 0 Å². The van der Waals surface area contributed by atoms with Crippen LogP contribution in [0.15, 0.2) is 0 Å². The molecule has 3 rings (SSSR count). The van der Waals surface area contributed by atoms with E-state index in [9.17, 15) is 0 Å². The molecule has 0 spiro atoms. The van der Waals surface area contributed by atoms with E-state index in [-0.39, 0.29) is 133 Å². The number of hydrogen-bond acceptors (Lipinski definition) is 3. The summed E-state index contributed by atoms with van der Waals surface area (Å²) in [5, 5.41) is 0. The largest absolute Gasteiger partial charge is 0.446 e. The van der Waals surface area contributed by atoms with Crippen LogP contribution in [-0.2, 0) is 112 Å². The summed E-state index contributed by atoms with van der Waals surface area (Å²) >= 11 is 0. The normalized spacial score (nSPS) is 42.6. The van der Waals surface area contributed by atoms with Gasteiger partial charge in [-0.15, -0.1) is 17.9 Å². The van der Waals surface area contributed by atoms with Crippen LogP contribution in [0.2, 0.25) is 0 Å². The average Bonchev–Trinajstić information content (AvgIpc) is 3.26. The molecule has 3 saturated heterocycles. The molecule has 0 saturated carbocycles. The molecule has 3 aliphatic rings. The molecule has 9 atom stereocenters. The molecule has 183 valence electrons. The Labute approximate surface area is 291 Å². The van der Waals surface area contributed by atoms with Gasteiger partial charge in [0, 0.05) is 104 Å². The topological polar surface area (TPSA) is 27.7 Å². The molecule has 5 unspecified atom stereocenters. The first-order valence-electron chi connectivity index (χ1n) is 11.7. The van der Waals surface area contributed by atoms with Crippen molar-refractivity contribution >= 4 is 23.5 Å². The van der Waals surface area contributed by atoms with Crippen LogP contribution in [-0.4, -0.2) is 58.4 Å². The molecule has 0 aliphatic carbocycles. The van der Waals surface area contributed by atoms with Crippen molar-refractivity contribution in [3.05, 3.63) is 40.0 Å². The van der Waals surface area contributed by atoms with Crippen LogP contribution in [0, 0.1) is 57.8 Å². The Hall–Kier alpha value is 3.39. The molecule has 3 fully saturated rings. The van der Waals surface area contributed by atoms with Crippen molar-refractivity contribution in [3.63, 3.8) is 0 Å². The Bertz CT molecular complexity index is 515. The summed E-state index contributed by atoms with van der Waals surface area (Å²) in [5.41, 5.74) is -0.613. The fourth-order valence-electron chi connectivity index (χ4n) is 4.31. The molecule has 3 heterocycles. The minimum atomic E-state index is -0.264. The number of rotatable bonds is 4. The van der Waals surface area contributed by atoms with Crippen LogP contribution in [0.25, 0.3) is 0 Å². The Balaban J connectivity index is -0.000000407. The van der Waals surface area contributed by atoms with Gasteiger partial charge in [-0.2, -0.15) is 18.3 Å². The summed E-state index contributed by atoms with van der Waals surface area (Å²) in [6.45, 7) is 24.4. The molecular weight excluding hydrogens is 647 g/mol. The zero-order valence-electron chi connectivity index (χ0n) is 22.3. The van der Waals surface area contributed by atoms with Gasteiger partial charge in [0.2, 0.25) is 0 Å². The van der Waals surface area contributed by atoms with Crippen molar-refractivity contribution in [1.29, 1.82) is 0 Å². The first-order chi connectivity index (χ1) is 14.3. The molecule has 0 aromatic heterocycles. The van der Waals surface area contributed by atoms with Gasteiger partial charge in [0.1, 0.15) is 0 Å². The summed E-state index contributed by atoms with van der Waals surface area (Å²) in [7, 11) is 16.8. The first-order valence-corrected chi connectivity index (χ1v) is 11.7. The van der Waals surface area contributed by atoms with Gasteiger partial charge in [0.05, 0.1) is 23.5 Å². The van der Waals surface area contributed by atoms with Crippen molar-refractivity contribution in [2.45, 2.75) is 102 Å². The van der Waals surface area contributed by atoms with Gasteiger partial charge in [0.15, 0.2) is 0 Å². The molecule has 9 radical (unpaired) electrons. The van der Waals surface area contributed by atoms with Crippen molar-refractivity contribution in [2.75, 3.05) is 0 Å². The molecule has 0 amide bonds. The van der Waals surface area contributed by atoms with Gasteiger partial charge < -0.3 is 54.2 Å². The maximum atomic E-state index is 5.65. The van der Waals surface area contributed by atoms with Crippen molar-refractivity contribution in [2.24, 2.45) is 17.8 Å². The Morgan fingerprint density at radius 1 is 0.647 bits per heavy atom. The van der Waals surface area contributed by atoms with Gasteiger partial charge >= 0.3 is 0 Å². The number of hydrogen-bond donors (Lipinski definition) is 0. The maximum absolute atomic E-state index is 5.65. The molecule has 3 aliphatic heterocycles. The second kappa shape index (κ2) is 18.7. The van der Waals surface area contributed by atoms with E-state index in [1.54, 1.807) is 0 Å². The van der Waals surface area contributed by atoms with Crippen LogP contribution < -0.4 is 0 Å². The van der Waals surface area contributed by atoms with E-state index in [1.807, 2.05) is 12.8 Å². The quantitative estimate of drug-likeness (QED) is 0.325. The van der Waals surface area contributed by atoms with Gasteiger partial charge in [-0.05, 0) is 6.42 Å². The minimum Gasteiger partial charge on any atom is -0.446 e. The fourth-order valence-corrected chi connectivity index (χ4v) is 4.31. The molecular formula is C25H41B3O3Y3-6. The summed E-state index contributed by atoms with van der Waals surface area (Å²) < 4.78 is 16.5. The van der Waals surface area contributed by atoms with Gasteiger partial charge in [0.25, 0.3) is 0 Å². The van der Waals surface area contributed by atoms with E-state index in [0.29, 0.717) is 17.8 Å². The Morgan fingerprint density at radius 3 is 1.09 bits per heavy atom. The predicted molar refractivity (Wildman–Crippen MR) is 132 cm³/mol. The molecule has 0 N–H and O–H groups in total. The monoisotopic (exact) mass is 689 g/mol. The summed E-state index contributed by atoms with van der Waals surface area (Å²) in [6, 6.07) is -0.619. The SMILES string of the molecule is [B][C@H]1[CH-]C(C)C(C[CH2-])(CC)O1.[B][C@H]1[CH-]C(C)C([CH2-])(CC)O1.[B][C@H]1[CH-][C@@H](C)C([CH2-])(CC)O1.[Y].[Y].[Y]. The van der Waals surface area contributed by atoms with E-state index in [2.05, 4.69) is 68.7 Å². The average molecular weight is 689 g/mol. The predicted octanol–water partition coefficient (Wildman–Crippen LogP) is 4.39. The molecule has 0 aromatic rings. The zero-order valence-corrected chi connectivity index (χ0v) is 30.8. The minimum absolute atomic E-state index is 0. The van der Waals surface area contributed by atoms with Crippen LogP contribution in [0.5, 0.6) is 0 Å². The van der Waals surface area contributed by atoms with E-state index in [1.165, 1.54) is 0 Å². The molecule has 0 aromatic carbocycles. The van der Waals surface area contributed by atoms with Crippen LogP contribution >= 0.6 is 0 Å². The van der Waals surface area contributed by atoms with Crippen LogP contribution in [0.3, 0.4) is 0 Å². The Kier molecular flexibility index (Phi) is 23.0. The fraction of sp³-hybridized carbons (Fsp3) is 0.760. The third-order valence-electron chi connectivity index (χ3n) is 7.26. The van der Waals surface area contributed by atoms with Gasteiger partial charge in [-0.25, -0.2) is 0 Å². The summed E-state index contributed by atoms with van der Waals surface area (Å²) in [4.78, 5) is 0. The third kappa shape index (κ3) is 11.5. The summed E-state index contributed by atoms with van der Waals surface area (Å²) in [5.74, 6) is 1.17. The standard InChI is InChI=1S/C9H15BO.2C8H13BO.3Y/c1-4-9(5-2)7(3)6-8(10)11-9;2*1-4-8(3)6(2)5-7(9)10-8;;;/h6-8H,1,4-5H2,2-3H3;2*5-7H,3-4H2,1-2H3;;;/q3*-2;;;/t7?,8-,9?;6?,7-,8?;6-,7-,8?;;;/m111.../s1. The van der Waals surface area contributed by atoms with Crippen molar-refractivity contribution in [1.82, 2.24) is 0 Å². The summed E-state index contributed by atoms with van der Waals surface area (Å²) in [6.07, 6.45) is 9.66. The second-order valence-electron chi connectivity index (χ2n) is 9.20. The third-order valence-corrected chi connectivity index (χ3v) is 7.26. The molecule has 0 bridgehead atoms. The zero-order chi connectivity index (χ0) is 24.0. The van der Waals surface area contributed by atoms with Crippen LogP contribution in [0.4, 0.5) is 0 Å². The van der Waals surface area contributed by atoms with Crippen molar-refractivity contribution < 1.29 is 112 Å². The van der Waals surface area contributed by atoms with Gasteiger partial charge in [-0.1, -0.05) is 71.6 Å². The smallest absolute Gasteiger partial charge is 0.0625 e. The second-order valence-corrected chi connectivity index (χ2v) is 9.20. The van der Waals surface area contributed by atoms with E-state index in [4.69, 9.17) is 37.7 Å². The Morgan fingerprint density at radius 2 is 0.971 bits per heavy atom. The molecule has 3 nitrogen and oxygen atoms in total. The van der Waals surface area contributed by atoms with Crippen molar-refractivity contribution in [3.8, 4) is 0 Å². The number of ether oxygens (including phenoxy) is 3.